The van der Waals surface area contributed by atoms with Crippen molar-refractivity contribution in [3.8, 4) is 6.07 Å². The summed E-state index contributed by atoms with van der Waals surface area (Å²) in [4.78, 5) is 4.34. The second kappa shape index (κ2) is 4.55. The second-order valence-electron chi connectivity index (χ2n) is 5.20. The van der Waals surface area contributed by atoms with Crippen molar-refractivity contribution in [2.24, 2.45) is 5.92 Å². The highest BCUT2D eigenvalue weighted by molar-refractivity contribution is 5.72. The number of fused-ring (bicyclic) bond motifs is 1. The van der Waals surface area contributed by atoms with E-state index in [4.69, 9.17) is 5.26 Å². The van der Waals surface area contributed by atoms with Gasteiger partial charge in [0.1, 0.15) is 6.07 Å². The Morgan fingerprint density at radius 3 is 3.22 bits per heavy atom. The van der Waals surface area contributed by atoms with Crippen LogP contribution in [0.15, 0.2) is 18.3 Å². The number of piperidine rings is 1. The molecule has 18 heavy (non-hydrogen) atoms. The zero-order chi connectivity index (χ0) is 12.5. The largest absolute Gasteiger partial charge is 0.310 e. The number of pyridine rings is 1. The molecule has 1 aromatic rings. The molecule has 0 unspecified atom stereocenters. The summed E-state index contributed by atoms with van der Waals surface area (Å²) in [7, 11) is 0. The maximum absolute atomic E-state index is 9.09. The Morgan fingerprint density at radius 1 is 1.50 bits per heavy atom. The van der Waals surface area contributed by atoms with Gasteiger partial charge in [-0.1, -0.05) is 6.08 Å². The molecule has 3 heteroatoms. The minimum atomic E-state index is 0.467. The Morgan fingerprint density at radius 2 is 2.39 bits per heavy atom. The molecule has 1 aromatic heterocycles. The molecule has 2 atom stereocenters. The lowest BCUT2D eigenvalue weighted by molar-refractivity contribution is 0.346. The number of rotatable bonds is 1. The van der Waals surface area contributed by atoms with E-state index in [1.54, 1.807) is 0 Å². The number of aromatic nitrogens is 1. The fourth-order valence-electron chi connectivity index (χ4n) is 3.08. The van der Waals surface area contributed by atoms with Crippen LogP contribution in [0.25, 0.3) is 5.57 Å². The second-order valence-corrected chi connectivity index (χ2v) is 5.20. The van der Waals surface area contributed by atoms with Crippen molar-refractivity contribution in [2.45, 2.75) is 32.2 Å². The monoisotopic (exact) mass is 239 g/mol. The Kier molecular flexibility index (Phi) is 2.89. The van der Waals surface area contributed by atoms with E-state index in [0.717, 1.165) is 30.1 Å². The van der Waals surface area contributed by atoms with Crippen LogP contribution in [0.5, 0.6) is 0 Å². The molecule has 3 rings (SSSR count). The van der Waals surface area contributed by atoms with Crippen molar-refractivity contribution < 1.29 is 0 Å². The lowest BCUT2D eigenvalue weighted by atomic mass is 9.88. The predicted molar refractivity (Wildman–Crippen MR) is 70.8 cm³/mol. The molecule has 1 aliphatic carbocycles. The summed E-state index contributed by atoms with van der Waals surface area (Å²) in [6.07, 6.45) is 7.96. The van der Waals surface area contributed by atoms with Gasteiger partial charge in [0.05, 0.1) is 11.3 Å². The fourth-order valence-corrected chi connectivity index (χ4v) is 3.08. The zero-order valence-corrected chi connectivity index (χ0v) is 10.6. The van der Waals surface area contributed by atoms with Gasteiger partial charge in [0.2, 0.25) is 0 Å². The predicted octanol–water partition coefficient (Wildman–Crippen LogP) is 2.42. The summed E-state index contributed by atoms with van der Waals surface area (Å²) in [5.41, 5.74) is 3.95. The first-order valence-electron chi connectivity index (χ1n) is 6.60. The number of nitriles is 1. The van der Waals surface area contributed by atoms with Crippen molar-refractivity contribution >= 4 is 5.57 Å². The Balaban J connectivity index is 1.94. The van der Waals surface area contributed by atoms with E-state index >= 15 is 0 Å². The molecule has 1 fully saturated rings. The van der Waals surface area contributed by atoms with E-state index in [1.165, 1.54) is 18.4 Å². The van der Waals surface area contributed by atoms with Gasteiger partial charge in [0.25, 0.3) is 0 Å². The average molecular weight is 239 g/mol. The number of nitrogens with one attached hydrogen (secondary N) is 1. The van der Waals surface area contributed by atoms with Crippen LogP contribution in [-0.2, 0) is 0 Å². The maximum atomic E-state index is 9.09. The van der Waals surface area contributed by atoms with E-state index in [9.17, 15) is 0 Å². The van der Waals surface area contributed by atoms with Crippen LogP contribution in [0.2, 0.25) is 0 Å². The standard InChI is InChI=1S/C15H17N3/c1-10-12(8-16)7-13(9-18-10)14-5-4-11-3-2-6-17-15(11)14/h5,7,9,11,15,17H,2-4,6H2,1H3/t11-,15-/m1/s1. The van der Waals surface area contributed by atoms with Gasteiger partial charge < -0.3 is 5.32 Å². The lowest BCUT2D eigenvalue weighted by Crippen LogP contribution is -2.39. The molecular formula is C15H17N3. The molecule has 0 saturated carbocycles. The van der Waals surface area contributed by atoms with Crippen LogP contribution < -0.4 is 5.32 Å². The molecular weight excluding hydrogens is 222 g/mol. The highest BCUT2D eigenvalue weighted by Gasteiger charge is 2.32. The summed E-state index contributed by atoms with van der Waals surface area (Å²) in [5.74, 6) is 0.737. The van der Waals surface area contributed by atoms with Gasteiger partial charge in [-0.3, -0.25) is 4.98 Å². The van der Waals surface area contributed by atoms with Crippen LogP contribution in [0.3, 0.4) is 0 Å². The van der Waals surface area contributed by atoms with Gasteiger partial charge in [0.15, 0.2) is 0 Å². The average Bonchev–Trinajstić information content (AvgIpc) is 2.83. The van der Waals surface area contributed by atoms with Gasteiger partial charge in [-0.05, 0) is 55.9 Å². The van der Waals surface area contributed by atoms with Crippen molar-refractivity contribution in [3.05, 3.63) is 35.2 Å². The van der Waals surface area contributed by atoms with Crippen LogP contribution in [0.1, 0.15) is 36.1 Å². The molecule has 1 N–H and O–H groups in total. The number of nitrogens with zero attached hydrogens (tertiary/aromatic N) is 2. The highest BCUT2D eigenvalue weighted by Crippen LogP contribution is 2.37. The lowest BCUT2D eigenvalue weighted by Gasteiger charge is -2.29. The topological polar surface area (TPSA) is 48.7 Å². The smallest absolute Gasteiger partial charge is 0.101 e. The van der Waals surface area contributed by atoms with Crippen LogP contribution in [-0.4, -0.2) is 17.6 Å². The molecule has 1 aliphatic heterocycles. The Labute approximate surface area is 108 Å². The summed E-state index contributed by atoms with van der Waals surface area (Å²) in [6.45, 7) is 2.98. The van der Waals surface area contributed by atoms with Crippen LogP contribution in [0.4, 0.5) is 0 Å². The first-order chi connectivity index (χ1) is 8.79. The van der Waals surface area contributed by atoms with Crippen LogP contribution in [0, 0.1) is 24.2 Å². The number of hydrogen-bond donors (Lipinski definition) is 1. The van der Waals surface area contributed by atoms with Gasteiger partial charge in [-0.25, -0.2) is 0 Å². The van der Waals surface area contributed by atoms with Crippen molar-refractivity contribution in [1.29, 1.82) is 5.26 Å². The zero-order valence-electron chi connectivity index (χ0n) is 10.6. The summed E-state index contributed by atoms with van der Waals surface area (Å²) in [6, 6.07) is 4.67. The third-order valence-electron chi connectivity index (χ3n) is 4.10. The van der Waals surface area contributed by atoms with Crippen LogP contribution >= 0.6 is 0 Å². The third-order valence-corrected chi connectivity index (χ3v) is 4.10. The SMILES string of the molecule is Cc1ncc(C2=CC[C@H]3CCCN[C@@H]23)cc1C#N. The van der Waals surface area contributed by atoms with Gasteiger partial charge in [0, 0.05) is 12.2 Å². The molecule has 3 nitrogen and oxygen atoms in total. The van der Waals surface area contributed by atoms with Gasteiger partial charge in [-0.15, -0.1) is 0 Å². The highest BCUT2D eigenvalue weighted by atomic mass is 14.9. The maximum Gasteiger partial charge on any atom is 0.101 e. The Bertz CT molecular complexity index is 539. The minimum absolute atomic E-state index is 0.467. The molecule has 1 saturated heterocycles. The summed E-state index contributed by atoms with van der Waals surface area (Å²) < 4.78 is 0. The van der Waals surface area contributed by atoms with E-state index < -0.39 is 0 Å². The van der Waals surface area contributed by atoms with Crippen molar-refractivity contribution in [1.82, 2.24) is 10.3 Å². The van der Waals surface area contributed by atoms with Crippen molar-refractivity contribution in [3.63, 3.8) is 0 Å². The summed E-state index contributed by atoms with van der Waals surface area (Å²) >= 11 is 0. The number of hydrogen-bond acceptors (Lipinski definition) is 3. The number of aryl methyl sites for hydroxylation is 1. The van der Waals surface area contributed by atoms with E-state index in [-0.39, 0.29) is 0 Å². The van der Waals surface area contributed by atoms with E-state index in [2.05, 4.69) is 22.4 Å². The van der Waals surface area contributed by atoms with E-state index in [1.807, 2.05) is 19.2 Å². The fraction of sp³-hybridized carbons (Fsp3) is 0.467. The van der Waals surface area contributed by atoms with Gasteiger partial charge >= 0.3 is 0 Å². The molecule has 2 heterocycles. The van der Waals surface area contributed by atoms with E-state index in [0.29, 0.717) is 11.6 Å². The molecule has 2 aliphatic rings. The normalized spacial score (nSPS) is 26.3. The third kappa shape index (κ3) is 1.83. The van der Waals surface area contributed by atoms with Crippen molar-refractivity contribution in [2.75, 3.05) is 6.54 Å². The first-order valence-corrected chi connectivity index (χ1v) is 6.60. The molecule has 0 aromatic carbocycles. The number of allylic oxidation sites excluding steroid dienone is 1. The summed E-state index contributed by atoms with van der Waals surface area (Å²) in [5, 5.41) is 12.7. The molecule has 0 radical (unpaired) electrons. The molecule has 92 valence electrons. The molecule has 0 spiro atoms. The molecule has 0 amide bonds. The first kappa shape index (κ1) is 11.4. The minimum Gasteiger partial charge on any atom is -0.310 e. The quantitative estimate of drug-likeness (QED) is 0.818. The van der Waals surface area contributed by atoms with Gasteiger partial charge in [-0.2, -0.15) is 5.26 Å². The Hall–Kier alpha value is -1.66. The molecule has 0 bridgehead atoms.